The lowest BCUT2D eigenvalue weighted by atomic mass is 10.2. The highest BCUT2D eigenvalue weighted by atomic mass is 16.3. The van der Waals surface area contributed by atoms with Gasteiger partial charge in [0.2, 0.25) is 0 Å². The van der Waals surface area contributed by atoms with E-state index in [9.17, 15) is 4.79 Å². The molecule has 1 aliphatic heterocycles. The Bertz CT molecular complexity index is 184. The summed E-state index contributed by atoms with van der Waals surface area (Å²) in [5, 5.41) is 14.8. The maximum absolute atomic E-state index is 11.2. The summed E-state index contributed by atoms with van der Waals surface area (Å²) in [6.45, 7) is 0.874. The molecular weight excluding hydrogens is 170 g/mol. The summed E-state index contributed by atoms with van der Waals surface area (Å²) >= 11 is 0. The van der Waals surface area contributed by atoms with Crippen molar-refractivity contribution >= 4 is 6.03 Å². The number of nitrogens with one attached hydrogen (secondary N) is 2. The lowest BCUT2D eigenvalue weighted by molar-refractivity contribution is 0.213. The second-order valence-electron chi connectivity index (χ2n) is 3.56. The van der Waals surface area contributed by atoms with Gasteiger partial charge in [-0.05, 0) is 6.42 Å². The molecule has 0 spiro atoms. The van der Waals surface area contributed by atoms with E-state index in [0.29, 0.717) is 0 Å². The van der Waals surface area contributed by atoms with E-state index in [4.69, 9.17) is 5.11 Å². The van der Waals surface area contributed by atoms with Crippen LogP contribution in [-0.4, -0.2) is 55.4 Å². The fourth-order valence-corrected chi connectivity index (χ4v) is 1.37. The van der Waals surface area contributed by atoms with Gasteiger partial charge in [-0.3, -0.25) is 0 Å². The number of rotatable bonds is 2. The van der Waals surface area contributed by atoms with Crippen LogP contribution in [0.25, 0.3) is 0 Å². The summed E-state index contributed by atoms with van der Waals surface area (Å²) in [7, 11) is 3.42. The maximum atomic E-state index is 11.2. The second-order valence-corrected chi connectivity index (χ2v) is 3.56. The molecule has 0 radical (unpaired) electrons. The van der Waals surface area contributed by atoms with Crippen molar-refractivity contribution in [3.63, 3.8) is 0 Å². The molecule has 0 saturated carbocycles. The fourth-order valence-electron chi connectivity index (χ4n) is 1.37. The number of aliphatic hydroxyl groups is 1. The molecule has 5 heteroatoms. The molecule has 2 atom stereocenters. The topological polar surface area (TPSA) is 64.6 Å². The minimum absolute atomic E-state index is 0.0783. The Balaban J connectivity index is 2.28. The zero-order chi connectivity index (χ0) is 9.84. The van der Waals surface area contributed by atoms with Crippen LogP contribution >= 0.6 is 0 Å². The molecule has 3 N–H and O–H groups in total. The van der Waals surface area contributed by atoms with Crippen LogP contribution in [0.4, 0.5) is 4.79 Å². The Morgan fingerprint density at radius 2 is 2.38 bits per heavy atom. The van der Waals surface area contributed by atoms with Crippen molar-refractivity contribution in [3.05, 3.63) is 0 Å². The third-order valence-corrected chi connectivity index (χ3v) is 2.18. The molecular formula is C8H17N3O2. The van der Waals surface area contributed by atoms with Gasteiger partial charge in [0.1, 0.15) is 0 Å². The van der Waals surface area contributed by atoms with Gasteiger partial charge in [0.15, 0.2) is 0 Å². The average Bonchev–Trinajstić information content (AvgIpc) is 2.52. The van der Waals surface area contributed by atoms with E-state index in [2.05, 4.69) is 10.6 Å². The molecule has 0 aromatic carbocycles. The highest BCUT2D eigenvalue weighted by molar-refractivity contribution is 5.73. The average molecular weight is 187 g/mol. The molecule has 13 heavy (non-hydrogen) atoms. The van der Waals surface area contributed by atoms with Gasteiger partial charge in [0, 0.05) is 32.7 Å². The molecule has 5 nitrogen and oxygen atoms in total. The molecule has 1 rings (SSSR count). The van der Waals surface area contributed by atoms with Crippen molar-refractivity contribution < 1.29 is 9.90 Å². The Labute approximate surface area is 78.1 Å². The number of aliphatic hydroxyl groups excluding tert-OH is 1. The van der Waals surface area contributed by atoms with Gasteiger partial charge in [0.25, 0.3) is 0 Å². The normalized spacial score (nSPS) is 27.3. The molecule has 0 aromatic rings. The summed E-state index contributed by atoms with van der Waals surface area (Å²) in [5.74, 6) is 0. The van der Waals surface area contributed by atoms with Crippen molar-refractivity contribution in [2.24, 2.45) is 0 Å². The molecule has 1 aliphatic rings. The van der Waals surface area contributed by atoms with E-state index in [1.807, 2.05) is 0 Å². The zero-order valence-corrected chi connectivity index (χ0v) is 8.08. The monoisotopic (exact) mass is 187 g/mol. The Kier molecular flexibility index (Phi) is 3.50. The van der Waals surface area contributed by atoms with Crippen LogP contribution in [0, 0.1) is 0 Å². The molecule has 1 saturated heterocycles. The highest BCUT2D eigenvalue weighted by Crippen LogP contribution is 2.05. The van der Waals surface area contributed by atoms with Gasteiger partial charge in [-0.15, -0.1) is 0 Å². The lowest BCUT2D eigenvalue weighted by Crippen LogP contribution is -2.42. The summed E-state index contributed by atoms with van der Waals surface area (Å²) in [4.78, 5) is 12.7. The summed E-state index contributed by atoms with van der Waals surface area (Å²) in [6.07, 6.45) is 0.802. The standard InChI is InChI=1S/C8H17N3O2/c1-11(2)8(13)10-6-3-7(5-12)9-4-6/h6-7,9,12H,3-5H2,1-2H3,(H,10,13)/t6-,7-/m0/s1. The molecule has 1 fully saturated rings. The smallest absolute Gasteiger partial charge is 0.317 e. The quantitative estimate of drug-likeness (QED) is 0.518. The Morgan fingerprint density at radius 3 is 2.85 bits per heavy atom. The number of carbonyl (C=O) groups is 1. The molecule has 0 aliphatic carbocycles. The number of carbonyl (C=O) groups excluding carboxylic acids is 1. The summed E-state index contributed by atoms with van der Waals surface area (Å²) in [6, 6.07) is 0.199. The SMILES string of the molecule is CN(C)C(=O)N[C@@H]1CN[C@H](CO)C1. The first kappa shape index (κ1) is 10.3. The predicted octanol–water partition coefficient (Wildman–Crippen LogP) is -1.02. The van der Waals surface area contributed by atoms with Crippen LogP contribution in [0.1, 0.15) is 6.42 Å². The van der Waals surface area contributed by atoms with E-state index in [1.165, 1.54) is 4.90 Å². The van der Waals surface area contributed by atoms with Gasteiger partial charge in [-0.1, -0.05) is 0 Å². The van der Waals surface area contributed by atoms with Gasteiger partial charge >= 0.3 is 6.03 Å². The first-order valence-corrected chi connectivity index (χ1v) is 4.45. The third kappa shape index (κ3) is 2.86. The van der Waals surface area contributed by atoms with Crippen molar-refractivity contribution in [1.82, 2.24) is 15.5 Å². The number of nitrogens with zero attached hydrogens (tertiary/aromatic N) is 1. The Hall–Kier alpha value is -0.810. The highest BCUT2D eigenvalue weighted by Gasteiger charge is 2.24. The van der Waals surface area contributed by atoms with Gasteiger partial charge in [-0.25, -0.2) is 4.79 Å². The molecule has 1 heterocycles. The first-order chi connectivity index (χ1) is 6.13. The van der Waals surface area contributed by atoms with Crippen molar-refractivity contribution in [3.8, 4) is 0 Å². The maximum Gasteiger partial charge on any atom is 0.317 e. The van der Waals surface area contributed by atoms with Crippen molar-refractivity contribution in [1.29, 1.82) is 0 Å². The van der Waals surface area contributed by atoms with Crippen LogP contribution in [0.2, 0.25) is 0 Å². The van der Waals surface area contributed by atoms with Crippen LogP contribution in [0.15, 0.2) is 0 Å². The van der Waals surface area contributed by atoms with Crippen molar-refractivity contribution in [2.45, 2.75) is 18.5 Å². The van der Waals surface area contributed by atoms with Crippen molar-refractivity contribution in [2.75, 3.05) is 27.2 Å². The number of amides is 2. The number of hydrogen-bond acceptors (Lipinski definition) is 3. The van der Waals surface area contributed by atoms with E-state index >= 15 is 0 Å². The minimum atomic E-state index is -0.0783. The third-order valence-electron chi connectivity index (χ3n) is 2.18. The minimum Gasteiger partial charge on any atom is -0.395 e. The zero-order valence-electron chi connectivity index (χ0n) is 8.08. The molecule has 0 unspecified atom stereocenters. The summed E-state index contributed by atoms with van der Waals surface area (Å²) in [5.41, 5.74) is 0. The lowest BCUT2D eigenvalue weighted by Gasteiger charge is -2.16. The largest absolute Gasteiger partial charge is 0.395 e. The second kappa shape index (κ2) is 4.43. The van der Waals surface area contributed by atoms with Crippen LogP contribution < -0.4 is 10.6 Å². The number of urea groups is 1. The predicted molar refractivity (Wildman–Crippen MR) is 49.5 cm³/mol. The van der Waals surface area contributed by atoms with Gasteiger partial charge in [-0.2, -0.15) is 0 Å². The van der Waals surface area contributed by atoms with E-state index in [1.54, 1.807) is 14.1 Å². The van der Waals surface area contributed by atoms with E-state index in [-0.39, 0.29) is 24.7 Å². The number of hydrogen-bond donors (Lipinski definition) is 3. The molecule has 2 amide bonds. The molecule has 0 bridgehead atoms. The summed E-state index contributed by atoms with van der Waals surface area (Å²) < 4.78 is 0. The van der Waals surface area contributed by atoms with Gasteiger partial charge < -0.3 is 20.6 Å². The molecule has 76 valence electrons. The van der Waals surface area contributed by atoms with Crippen LogP contribution in [-0.2, 0) is 0 Å². The fraction of sp³-hybridized carbons (Fsp3) is 0.875. The van der Waals surface area contributed by atoms with Crippen LogP contribution in [0.3, 0.4) is 0 Å². The first-order valence-electron chi connectivity index (χ1n) is 4.45. The van der Waals surface area contributed by atoms with Crippen LogP contribution in [0.5, 0.6) is 0 Å². The Morgan fingerprint density at radius 1 is 1.69 bits per heavy atom. The van der Waals surface area contributed by atoms with Gasteiger partial charge in [0.05, 0.1) is 6.61 Å². The van der Waals surface area contributed by atoms with E-state index in [0.717, 1.165) is 13.0 Å². The molecule has 0 aromatic heterocycles. The van der Waals surface area contributed by atoms with E-state index < -0.39 is 0 Å².